The van der Waals surface area contributed by atoms with Crippen molar-refractivity contribution < 1.29 is 9.53 Å². The van der Waals surface area contributed by atoms with Crippen LogP contribution in [0.4, 0.5) is 0 Å². The number of ether oxygens (including phenoxy) is 1. The summed E-state index contributed by atoms with van der Waals surface area (Å²) in [5.74, 6) is -0.330. The van der Waals surface area contributed by atoms with Gasteiger partial charge in [0.2, 0.25) is 0 Å². The Morgan fingerprint density at radius 1 is 0.806 bits per heavy atom. The molecule has 0 atom stereocenters. The monoisotopic (exact) mass is 410 g/mol. The Morgan fingerprint density at radius 3 is 1.90 bits per heavy atom. The second-order valence-corrected chi connectivity index (χ2v) is 7.90. The fourth-order valence-corrected chi connectivity index (χ4v) is 3.77. The van der Waals surface area contributed by atoms with Gasteiger partial charge >= 0.3 is 5.97 Å². The van der Waals surface area contributed by atoms with E-state index in [1.54, 1.807) is 12.1 Å². The number of aromatic nitrogens is 2. The molecule has 4 aromatic rings. The van der Waals surface area contributed by atoms with Crippen molar-refractivity contribution in [3.63, 3.8) is 0 Å². The molecular formula is C27H26N2O2. The van der Waals surface area contributed by atoms with Gasteiger partial charge in [0.25, 0.3) is 0 Å². The molecule has 0 aliphatic rings. The van der Waals surface area contributed by atoms with Crippen LogP contribution in [0.15, 0.2) is 72.8 Å². The number of carbonyl (C=O) groups excluding carboxylic acids is 1. The molecule has 0 amide bonds. The van der Waals surface area contributed by atoms with Crippen LogP contribution < -0.4 is 0 Å². The van der Waals surface area contributed by atoms with Crippen molar-refractivity contribution in [2.24, 2.45) is 0 Å². The van der Waals surface area contributed by atoms with Crippen molar-refractivity contribution in [3.8, 4) is 22.5 Å². The van der Waals surface area contributed by atoms with E-state index in [2.05, 4.69) is 74.0 Å². The average Bonchev–Trinajstić information content (AvgIpc) is 3.10. The van der Waals surface area contributed by atoms with Gasteiger partial charge in [-0.25, -0.2) is 4.79 Å². The maximum Gasteiger partial charge on any atom is 0.337 e. The summed E-state index contributed by atoms with van der Waals surface area (Å²) in [6.07, 6.45) is 0. The van der Waals surface area contributed by atoms with Crippen LogP contribution in [0.5, 0.6) is 0 Å². The Labute approximate surface area is 183 Å². The number of rotatable bonds is 5. The molecule has 0 aliphatic heterocycles. The highest BCUT2D eigenvalue weighted by Crippen LogP contribution is 2.32. The van der Waals surface area contributed by atoms with Gasteiger partial charge in [0.05, 0.1) is 30.6 Å². The molecule has 4 nitrogen and oxygen atoms in total. The van der Waals surface area contributed by atoms with Gasteiger partial charge in [0.1, 0.15) is 0 Å². The fourth-order valence-electron chi connectivity index (χ4n) is 3.77. The van der Waals surface area contributed by atoms with E-state index < -0.39 is 0 Å². The molecule has 0 unspecified atom stereocenters. The molecule has 4 heteroatoms. The summed E-state index contributed by atoms with van der Waals surface area (Å²) in [7, 11) is 1.39. The van der Waals surface area contributed by atoms with Gasteiger partial charge < -0.3 is 4.74 Å². The molecule has 0 bridgehead atoms. The minimum atomic E-state index is -0.330. The number of hydrogen-bond donors (Lipinski definition) is 0. The molecule has 0 saturated carbocycles. The first-order valence-electron chi connectivity index (χ1n) is 10.3. The second-order valence-electron chi connectivity index (χ2n) is 7.90. The van der Waals surface area contributed by atoms with Crippen molar-refractivity contribution in [1.82, 2.24) is 9.78 Å². The summed E-state index contributed by atoms with van der Waals surface area (Å²) in [6, 6.07) is 24.5. The van der Waals surface area contributed by atoms with Crippen molar-refractivity contribution in [3.05, 3.63) is 101 Å². The predicted octanol–water partition coefficient (Wildman–Crippen LogP) is 5.98. The number of aryl methyl sites for hydroxylation is 2. The van der Waals surface area contributed by atoms with Crippen LogP contribution in [0.25, 0.3) is 22.5 Å². The Kier molecular flexibility index (Phi) is 5.72. The Bertz CT molecular complexity index is 1200. The van der Waals surface area contributed by atoms with Crippen molar-refractivity contribution in [2.75, 3.05) is 7.11 Å². The van der Waals surface area contributed by atoms with Crippen molar-refractivity contribution >= 4 is 5.97 Å². The van der Waals surface area contributed by atoms with E-state index in [0.717, 1.165) is 33.6 Å². The van der Waals surface area contributed by atoms with E-state index in [1.807, 2.05) is 12.1 Å². The van der Waals surface area contributed by atoms with E-state index in [4.69, 9.17) is 9.84 Å². The number of carbonyl (C=O) groups is 1. The van der Waals surface area contributed by atoms with E-state index in [9.17, 15) is 4.79 Å². The number of nitrogens with zero attached hydrogens (tertiary/aromatic N) is 2. The largest absolute Gasteiger partial charge is 0.465 e. The molecule has 0 aliphatic carbocycles. The molecule has 31 heavy (non-hydrogen) atoms. The summed E-state index contributed by atoms with van der Waals surface area (Å²) < 4.78 is 6.86. The molecule has 1 heterocycles. The third-order valence-electron chi connectivity index (χ3n) is 5.55. The molecule has 0 radical (unpaired) electrons. The van der Waals surface area contributed by atoms with E-state index >= 15 is 0 Å². The van der Waals surface area contributed by atoms with Gasteiger partial charge in [-0.1, -0.05) is 71.8 Å². The van der Waals surface area contributed by atoms with Crippen LogP contribution >= 0.6 is 0 Å². The average molecular weight is 411 g/mol. The maximum absolute atomic E-state index is 11.7. The van der Waals surface area contributed by atoms with Crippen LogP contribution in [0.2, 0.25) is 0 Å². The van der Waals surface area contributed by atoms with E-state index in [0.29, 0.717) is 12.1 Å². The lowest BCUT2D eigenvalue weighted by molar-refractivity contribution is 0.0600. The third-order valence-corrected chi connectivity index (χ3v) is 5.55. The van der Waals surface area contributed by atoms with Crippen molar-refractivity contribution in [1.29, 1.82) is 0 Å². The van der Waals surface area contributed by atoms with Gasteiger partial charge in [0, 0.05) is 16.7 Å². The second kappa shape index (κ2) is 8.60. The van der Waals surface area contributed by atoms with Gasteiger partial charge in [-0.2, -0.15) is 5.10 Å². The lowest BCUT2D eigenvalue weighted by atomic mass is 10.0. The minimum absolute atomic E-state index is 0.330. The van der Waals surface area contributed by atoms with Gasteiger partial charge in [-0.05, 0) is 38.5 Å². The van der Waals surface area contributed by atoms with Crippen molar-refractivity contribution in [2.45, 2.75) is 27.3 Å². The molecule has 0 fully saturated rings. The SMILES string of the molecule is COC(=O)c1ccc(Cn2nc(-c3ccc(C)cc3)c(C)c2-c2ccc(C)cc2)cc1. The predicted molar refractivity (Wildman–Crippen MR) is 124 cm³/mol. The van der Waals surface area contributed by atoms with Crippen LogP contribution in [0, 0.1) is 20.8 Å². The minimum Gasteiger partial charge on any atom is -0.465 e. The summed E-state index contributed by atoms with van der Waals surface area (Å²) in [5.41, 5.74) is 9.56. The molecule has 0 saturated heterocycles. The van der Waals surface area contributed by atoms with Crippen LogP contribution in [-0.2, 0) is 11.3 Å². The van der Waals surface area contributed by atoms with Crippen LogP contribution in [0.1, 0.15) is 32.6 Å². The maximum atomic E-state index is 11.7. The molecular weight excluding hydrogens is 384 g/mol. The Hall–Kier alpha value is -3.66. The highest BCUT2D eigenvalue weighted by Gasteiger charge is 2.18. The molecule has 156 valence electrons. The topological polar surface area (TPSA) is 44.1 Å². The van der Waals surface area contributed by atoms with Crippen LogP contribution in [0.3, 0.4) is 0 Å². The highest BCUT2D eigenvalue weighted by atomic mass is 16.5. The zero-order valence-electron chi connectivity index (χ0n) is 18.3. The summed E-state index contributed by atoms with van der Waals surface area (Å²) >= 11 is 0. The zero-order chi connectivity index (χ0) is 22.0. The summed E-state index contributed by atoms with van der Waals surface area (Å²) in [5, 5.41) is 5.00. The first-order valence-corrected chi connectivity index (χ1v) is 10.3. The number of esters is 1. The Morgan fingerprint density at radius 2 is 1.35 bits per heavy atom. The van der Waals surface area contributed by atoms with Gasteiger partial charge in [0.15, 0.2) is 0 Å². The highest BCUT2D eigenvalue weighted by molar-refractivity contribution is 5.89. The lowest BCUT2D eigenvalue weighted by Crippen LogP contribution is -2.06. The number of methoxy groups -OCH3 is 1. The molecule has 0 spiro atoms. The first-order chi connectivity index (χ1) is 15.0. The van der Waals surface area contributed by atoms with E-state index in [-0.39, 0.29) is 5.97 Å². The third kappa shape index (κ3) is 4.29. The zero-order valence-corrected chi connectivity index (χ0v) is 18.3. The smallest absolute Gasteiger partial charge is 0.337 e. The molecule has 4 rings (SSSR count). The first kappa shape index (κ1) is 20.6. The molecule has 0 N–H and O–H groups in total. The van der Waals surface area contributed by atoms with Gasteiger partial charge in [-0.15, -0.1) is 0 Å². The fraction of sp³-hybridized carbons (Fsp3) is 0.185. The molecule has 3 aromatic carbocycles. The standard InChI is InChI=1S/C27H26N2O2/c1-18-5-11-22(12-6-18)25-20(3)26(23-13-7-19(2)8-14-23)29(28-25)17-21-9-15-24(16-10-21)27(30)31-4/h5-16H,17H2,1-4H3. The molecule has 1 aromatic heterocycles. The summed E-state index contributed by atoms with van der Waals surface area (Å²) in [4.78, 5) is 11.7. The lowest BCUT2D eigenvalue weighted by Gasteiger charge is -2.10. The number of hydrogen-bond acceptors (Lipinski definition) is 3. The normalized spacial score (nSPS) is 10.8. The Balaban J connectivity index is 1.78. The summed E-state index contributed by atoms with van der Waals surface area (Å²) in [6.45, 7) is 6.92. The quantitative estimate of drug-likeness (QED) is 0.380. The van der Waals surface area contributed by atoms with Crippen LogP contribution in [-0.4, -0.2) is 22.9 Å². The van der Waals surface area contributed by atoms with E-state index in [1.165, 1.54) is 18.2 Å². The number of benzene rings is 3. The van der Waals surface area contributed by atoms with Gasteiger partial charge in [-0.3, -0.25) is 4.68 Å².